The Morgan fingerprint density at radius 2 is 2.25 bits per heavy atom. The van der Waals surface area contributed by atoms with Gasteiger partial charge in [-0.1, -0.05) is 0 Å². The Labute approximate surface area is 74.7 Å². The summed E-state index contributed by atoms with van der Waals surface area (Å²) in [5.41, 5.74) is 0. The fourth-order valence-electron chi connectivity index (χ4n) is 2.37. The predicted octanol–water partition coefficient (Wildman–Crippen LogP) is 1.41. The summed E-state index contributed by atoms with van der Waals surface area (Å²) in [6.07, 6.45) is 5.51. The molecule has 0 spiro atoms. The van der Waals surface area contributed by atoms with Gasteiger partial charge in [0.15, 0.2) is 0 Å². The molecule has 0 amide bonds. The second kappa shape index (κ2) is 4.24. The molecule has 2 atom stereocenters. The molecule has 70 valence electrons. The third kappa shape index (κ3) is 2.20. The van der Waals surface area contributed by atoms with E-state index in [2.05, 4.69) is 5.32 Å². The highest BCUT2D eigenvalue weighted by Crippen LogP contribution is 2.24. The van der Waals surface area contributed by atoms with Crippen LogP contribution in [0.4, 0.5) is 0 Å². The molecule has 0 aromatic heterocycles. The molecule has 2 rings (SSSR count). The zero-order valence-corrected chi connectivity index (χ0v) is 7.72. The van der Waals surface area contributed by atoms with Crippen LogP contribution in [0, 0.1) is 11.8 Å². The minimum absolute atomic E-state index is 0.870. The summed E-state index contributed by atoms with van der Waals surface area (Å²) in [4.78, 5) is 0. The van der Waals surface area contributed by atoms with Crippen LogP contribution < -0.4 is 5.32 Å². The van der Waals surface area contributed by atoms with Crippen molar-refractivity contribution in [1.29, 1.82) is 0 Å². The van der Waals surface area contributed by atoms with Crippen LogP contribution in [0.1, 0.15) is 25.7 Å². The van der Waals surface area contributed by atoms with Gasteiger partial charge in [-0.05, 0) is 50.6 Å². The lowest BCUT2D eigenvalue weighted by Crippen LogP contribution is -2.31. The van der Waals surface area contributed by atoms with Crippen molar-refractivity contribution >= 4 is 0 Å². The fraction of sp³-hybridized carbons (Fsp3) is 1.00. The highest BCUT2D eigenvalue weighted by Gasteiger charge is 2.21. The maximum Gasteiger partial charge on any atom is 0.0495 e. The highest BCUT2D eigenvalue weighted by atomic mass is 16.5. The Bertz CT molecular complexity index is 126. The van der Waals surface area contributed by atoms with Crippen molar-refractivity contribution in [2.45, 2.75) is 25.7 Å². The summed E-state index contributed by atoms with van der Waals surface area (Å²) in [5.74, 6) is 1.81. The maximum absolute atomic E-state index is 5.38. The summed E-state index contributed by atoms with van der Waals surface area (Å²) in [6, 6.07) is 0. The van der Waals surface area contributed by atoms with Gasteiger partial charge in [0.2, 0.25) is 0 Å². The molecular formula is C10H19NO. The van der Waals surface area contributed by atoms with Crippen molar-refractivity contribution in [3.05, 3.63) is 0 Å². The topological polar surface area (TPSA) is 21.3 Å². The first kappa shape index (κ1) is 8.52. The molecule has 0 bridgehead atoms. The van der Waals surface area contributed by atoms with Gasteiger partial charge in [-0.2, -0.15) is 0 Å². The summed E-state index contributed by atoms with van der Waals surface area (Å²) >= 11 is 0. The molecule has 0 radical (unpaired) electrons. The van der Waals surface area contributed by atoms with Crippen LogP contribution in [0.15, 0.2) is 0 Å². The Morgan fingerprint density at radius 1 is 1.25 bits per heavy atom. The molecule has 2 fully saturated rings. The first-order chi connectivity index (χ1) is 5.95. The molecule has 1 N–H and O–H groups in total. The number of ether oxygens (including phenoxy) is 1. The second-order valence-electron chi connectivity index (χ2n) is 4.18. The minimum atomic E-state index is 0.870. The van der Waals surface area contributed by atoms with E-state index in [0.29, 0.717) is 0 Å². The standard InChI is InChI=1S/C10H19NO/c1-2-9(7-11-4-1)6-10-3-5-12-8-10/h9-11H,1-8H2/t9-,10-/m1/s1. The van der Waals surface area contributed by atoms with Gasteiger partial charge in [0.1, 0.15) is 0 Å². The van der Waals surface area contributed by atoms with Crippen molar-refractivity contribution < 1.29 is 4.74 Å². The molecule has 2 heteroatoms. The molecule has 0 saturated carbocycles. The summed E-state index contributed by atoms with van der Waals surface area (Å²) < 4.78 is 5.38. The molecule has 12 heavy (non-hydrogen) atoms. The third-order valence-electron chi connectivity index (χ3n) is 3.09. The average Bonchev–Trinajstić information content (AvgIpc) is 2.59. The number of nitrogens with one attached hydrogen (secondary N) is 1. The molecule has 2 aliphatic heterocycles. The van der Waals surface area contributed by atoms with E-state index in [-0.39, 0.29) is 0 Å². The first-order valence-corrected chi connectivity index (χ1v) is 5.23. The van der Waals surface area contributed by atoms with Crippen molar-refractivity contribution in [3.63, 3.8) is 0 Å². The number of piperidine rings is 1. The van der Waals surface area contributed by atoms with E-state index >= 15 is 0 Å². The Hall–Kier alpha value is -0.0800. The number of hydrogen-bond acceptors (Lipinski definition) is 2. The highest BCUT2D eigenvalue weighted by molar-refractivity contribution is 4.74. The van der Waals surface area contributed by atoms with Gasteiger partial charge < -0.3 is 10.1 Å². The minimum Gasteiger partial charge on any atom is -0.381 e. The normalized spacial score (nSPS) is 37.0. The van der Waals surface area contributed by atoms with Gasteiger partial charge in [0, 0.05) is 13.2 Å². The van der Waals surface area contributed by atoms with Crippen molar-refractivity contribution in [3.8, 4) is 0 Å². The van der Waals surface area contributed by atoms with Crippen LogP contribution in [0.2, 0.25) is 0 Å². The van der Waals surface area contributed by atoms with Crippen LogP contribution in [-0.2, 0) is 4.74 Å². The fourth-order valence-corrected chi connectivity index (χ4v) is 2.37. The van der Waals surface area contributed by atoms with Gasteiger partial charge in [0.05, 0.1) is 0 Å². The molecule has 2 saturated heterocycles. The van der Waals surface area contributed by atoms with Crippen molar-refractivity contribution in [2.75, 3.05) is 26.3 Å². The Balaban J connectivity index is 1.69. The van der Waals surface area contributed by atoms with Gasteiger partial charge in [-0.25, -0.2) is 0 Å². The Kier molecular flexibility index (Phi) is 3.01. The zero-order chi connectivity index (χ0) is 8.23. The monoisotopic (exact) mass is 169 g/mol. The van der Waals surface area contributed by atoms with Crippen LogP contribution in [0.5, 0.6) is 0 Å². The van der Waals surface area contributed by atoms with Crippen molar-refractivity contribution in [2.24, 2.45) is 11.8 Å². The van der Waals surface area contributed by atoms with Gasteiger partial charge in [0.25, 0.3) is 0 Å². The van der Waals surface area contributed by atoms with Gasteiger partial charge in [-0.15, -0.1) is 0 Å². The van der Waals surface area contributed by atoms with Crippen LogP contribution in [0.3, 0.4) is 0 Å². The second-order valence-corrected chi connectivity index (χ2v) is 4.18. The lowest BCUT2D eigenvalue weighted by molar-refractivity contribution is 0.177. The molecule has 0 aromatic rings. The van der Waals surface area contributed by atoms with Crippen LogP contribution in [0.25, 0.3) is 0 Å². The van der Waals surface area contributed by atoms with Gasteiger partial charge >= 0.3 is 0 Å². The Morgan fingerprint density at radius 3 is 2.92 bits per heavy atom. The predicted molar refractivity (Wildman–Crippen MR) is 49.1 cm³/mol. The largest absolute Gasteiger partial charge is 0.381 e. The zero-order valence-electron chi connectivity index (χ0n) is 7.72. The summed E-state index contributed by atoms with van der Waals surface area (Å²) in [7, 11) is 0. The summed E-state index contributed by atoms with van der Waals surface area (Å²) in [5, 5.41) is 3.47. The van der Waals surface area contributed by atoms with Crippen LogP contribution in [-0.4, -0.2) is 26.3 Å². The van der Waals surface area contributed by atoms with E-state index in [1.807, 2.05) is 0 Å². The molecule has 0 aliphatic carbocycles. The molecule has 2 nitrogen and oxygen atoms in total. The SMILES string of the molecule is C1CNC[C@@H](C[C@H]2CCOC2)C1. The quantitative estimate of drug-likeness (QED) is 0.675. The molecule has 2 heterocycles. The lowest BCUT2D eigenvalue weighted by atomic mass is 9.89. The van der Waals surface area contributed by atoms with Crippen LogP contribution >= 0.6 is 0 Å². The number of rotatable bonds is 2. The first-order valence-electron chi connectivity index (χ1n) is 5.23. The molecular weight excluding hydrogens is 150 g/mol. The van der Waals surface area contributed by atoms with E-state index in [4.69, 9.17) is 4.74 Å². The van der Waals surface area contributed by atoms with Gasteiger partial charge in [-0.3, -0.25) is 0 Å². The number of hydrogen-bond donors (Lipinski definition) is 1. The smallest absolute Gasteiger partial charge is 0.0495 e. The van der Waals surface area contributed by atoms with E-state index in [0.717, 1.165) is 25.0 Å². The maximum atomic E-state index is 5.38. The van der Waals surface area contributed by atoms with Crippen molar-refractivity contribution in [1.82, 2.24) is 5.32 Å². The van der Waals surface area contributed by atoms with E-state index in [1.165, 1.54) is 38.8 Å². The molecule has 2 aliphatic rings. The average molecular weight is 169 g/mol. The van der Waals surface area contributed by atoms with E-state index in [1.54, 1.807) is 0 Å². The molecule has 0 unspecified atom stereocenters. The van der Waals surface area contributed by atoms with E-state index in [9.17, 15) is 0 Å². The lowest BCUT2D eigenvalue weighted by Gasteiger charge is -2.24. The third-order valence-corrected chi connectivity index (χ3v) is 3.09. The molecule has 0 aromatic carbocycles. The van der Waals surface area contributed by atoms with E-state index < -0.39 is 0 Å². The summed E-state index contributed by atoms with van der Waals surface area (Å²) in [6.45, 7) is 4.51.